The Morgan fingerprint density at radius 3 is 2.73 bits per heavy atom. The number of fused-ring (bicyclic) bond motifs is 1. The number of para-hydroxylation sites is 1. The third kappa shape index (κ3) is 2.80. The van der Waals surface area contributed by atoms with Crippen molar-refractivity contribution < 1.29 is 4.74 Å². The van der Waals surface area contributed by atoms with E-state index in [2.05, 4.69) is 26.9 Å². The topological polar surface area (TPSA) is 38.9 Å². The molecule has 1 heterocycles. The number of methoxy groups -OCH3 is 1. The minimum atomic E-state index is 0.819. The van der Waals surface area contributed by atoms with Gasteiger partial charge in [0.2, 0.25) is 4.80 Å². The molecule has 0 aliphatic carbocycles. The molecular weight excluding hydrogens is 294 g/mol. The Balaban J connectivity index is 2.01. The average Bonchev–Trinajstić information content (AvgIpc) is 2.89. The van der Waals surface area contributed by atoms with Crippen molar-refractivity contribution in [2.75, 3.05) is 7.11 Å². The summed E-state index contributed by atoms with van der Waals surface area (Å²) in [6.45, 7) is 1.95. The molecule has 0 amide bonds. The molecular formula is C17H17N3OS. The van der Waals surface area contributed by atoms with Gasteiger partial charge in [-0.2, -0.15) is 5.10 Å². The first-order valence-electron chi connectivity index (χ1n) is 6.96. The van der Waals surface area contributed by atoms with E-state index in [9.17, 15) is 0 Å². The van der Waals surface area contributed by atoms with Crippen molar-refractivity contribution in [3.8, 4) is 5.75 Å². The number of rotatable bonds is 3. The summed E-state index contributed by atoms with van der Waals surface area (Å²) in [5, 5.41) is 8.78. The fraction of sp³-hybridized carbons (Fsp3) is 0.176. The Bertz CT molecular complexity index is 905. The highest BCUT2D eigenvalue weighted by atomic mass is 32.1. The molecule has 0 atom stereocenters. The van der Waals surface area contributed by atoms with Crippen molar-refractivity contribution in [3.05, 3.63) is 58.9 Å². The van der Waals surface area contributed by atoms with Crippen molar-refractivity contribution in [2.24, 2.45) is 17.3 Å². The van der Waals surface area contributed by atoms with Crippen LogP contribution in [0, 0.1) is 0 Å². The zero-order chi connectivity index (χ0) is 15.5. The summed E-state index contributed by atoms with van der Waals surface area (Å²) in [6, 6.07) is 16.1. The van der Waals surface area contributed by atoms with Gasteiger partial charge in [0.25, 0.3) is 0 Å². The summed E-state index contributed by atoms with van der Waals surface area (Å²) in [5.41, 5.74) is 3.03. The summed E-state index contributed by atoms with van der Waals surface area (Å²) in [5.74, 6) is 0.819. The first-order valence-corrected chi connectivity index (χ1v) is 7.78. The summed E-state index contributed by atoms with van der Waals surface area (Å²) in [4.78, 5) is 0.878. The quantitative estimate of drug-likeness (QED) is 0.538. The Morgan fingerprint density at radius 2 is 1.95 bits per heavy atom. The number of aryl methyl sites for hydroxylation is 1. The number of ether oxygens (including phenoxy) is 1. The van der Waals surface area contributed by atoms with E-state index >= 15 is 0 Å². The minimum Gasteiger partial charge on any atom is -0.497 e. The fourth-order valence-corrected chi connectivity index (χ4v) is 3.17. The van der Waals surface area contributed by atoms with Crippen LogP contribution >= 0.6 is 11.3 Å². The molecule has 0 fully saturated rings. The van der Waals surface area contributed by atoms with Crippen LogP contribution < -0.4 is 9.54 Å². The van der Waals surface area contributed by atoms with Crippen LogP contribution in [0.3, 0.4) is 0 Å². The normalized spacial score (nSPS) is 12.9. The molecule has 112 valence electrons. The lowest BCUT2D eigenvalue weighted by Crippen LogP contribution is -2.09. The lowest BCUT2D eigenvalue weighted by atomic mass is 10.1. The monoisotopic (exact) mass is 311 g/mol. The molecule has 5 heteroatoms. The fourth-order valence-electron chi connectivity index (χ4n) is 2.20. The smallest absolute Gasteiger partial charge is 0.211 e. The predicted molar refractivity (Wildman–Crippen MR) is 91.6 cm³/mol. The van der Waals surface area contributed by atoms with Crippen molar-refractivity contribution >= 4 is 27.3 Å². The third-order valence-corrected chi connectivity index (χ3v) is 4.59. The van der Waals surface area contributed by atoms with Crippen LogP contribution in [-0.2, 0) is 7.05 Å². The predicted octanol–water partition coefficient (Wildman–Crippen LogP) is 3.57. The minimum absolute atomic E-state index is 0.819. The largest absolute Gasteiger partial charge is 0.497 e. The molecule has 0 bridgehead atoms. The molecule has 0 saturated carbocycles. The molecule has 2 aromatic carbocycles. The second-order valence-electron chi connectivity index (χ2n) is 4.93. The first-order chi connectivity index (χ1) is 10.7. The second-order valence-corrected chi connectivity index (χ2v) is 5.94. The van der Waals surface area contributed by atoms with Crippen molar-refractivity contribution in [2.45, 2.75) is 6.92 Å². The van der Waals surface area contributed by atoms with Crippen LogP contribution in [0.25, 0.3) is 10.2 Å². The molecule has 0 spiro atoms. The maximum atomic E-state index is 5.24. The molecule has 22 heavy (non-hydrogen) atoms. The molecule has 3 aromatic rings. The molecule has 3 rings (SSSR count). The molecule has 0 aliphatic rings. The Morgan fingerprint density at radius 1 is 1.14 bits per heavy atom. The Hall–Kier alpha value is -2.40. The average molecular weight is 311 g/mol. The van der Waals surface area contributed by atoms with E-state index in [1.165, 1.54) is 10.2 Å². The SMILES string of the molecule is COc1cccc(/C(C)=N/N=c2\sc3ccccc3n2C)c1. The Labute approximate surface area is 133 Å². The number of nitrogens with zero attached hydrogens (tertiary/aromatic N) is 3. The molecule has 0 radical (unpaired) electrons. The summed E-state index contributed by atoms with van der Waals surface area (Å²) in [6.07, 6.45) is 0. The van der Waals surface area contributed by atoms with Crippen molar-refractivity contribution in [1.82, 2.24) is 4.57 Å². The van der Waals surface area contributed by atoms with Gasteiger partial charge in [0.05, 0.1) is 23.0 Å². The van der Waals surface area contributed by atoms with Crippen LogP contribution in [0.5, 0.6) is 5.75 Å². The van der Waals surface area contributed by atoms with Crippen molar-refractivity contribution in [3.63, 3.8) is 0 Å². The van der Waals surface area contributed by atoms with E-state index in [0.717, 1.165) is 21.8 Å². The van der Waals surface area contributed by atoms with Gasteiger partial charge in [-0.3, -0.25) is 0 Å². The third-order valence-electron chi connectivity index (χ3n) is 3.49. The number of hydrogen-bond donors (Lipinski definition) is 0. The zero-order valence-electron chi connectivity index (χ0n) is 12.8. The summed E-state index contributed by atoms with van der Waals surface area (Å²) >= 11 is 1.63. The molecule has 1 aromatic heterocycles. The van der Waals surface area contributed by atoms with Crippen LogP contribution in [0.1, 0.15) is 12.5 Å². The van der Waals surface area contributed by atoms with Crippen molar-refractivity contribution in [1.29, 1.82) is 0 Å². The molecule has 4 nitrogen and oxygen atoms in total. The summed E-state index contributed by atoms with van der Waals surface area (Å²) in [7, 11) is 3.67. The van der Waals surface area contributed by atoms with E-state index in [1.807, 2.05) is 50.4 Å². The molecule has 0 N–H and O–H groups in total. The Kier molecular flexibility index (Phi) is 4.06. The maximum Gasteiger partial charge on any atom is 0.211 e. The highest BCUT2D eigenvalue weighted by molar-refractivity contribution is 7.16. The lowest BCUT2D eigenvalue weighted by molar-refractivity contribution is 0.414. The van der Waals surface area contributed by atoms with Gasteiger partial charge < -0.3 is 9.30 Å². The van der Waals surface area contributed by atoms with Crippen LogP contribution in [0.15, 0.2) is 58.7 Å². The van der Waals surface area contributed by atoms with Gasteiger partial charge in [0, 0.05) is 12.6 Å². The second kappa shape index (κ2) is 6.15. The van der Waals surface area contributed by atoms with Gasteiger partial charge >= 0.3 is 0 Å². The van der Waals surface area contributed by atoms with Crippen LogP contribution in [0.2, 0.25) is 0 Å². The van der Waals surface area contributed by atoms with Gasteiger partial charge in [-0.15, -0.1) is 5.10 Å². The molecule has 0 aliphatic heterocycles. The van der Waals surface area contributed by atoms with Gasteiger partial charge in [0.15, 0.2) is 0 Å². The number of benzene rings is 2. The van der Waals surface area contributed by atoms with E-state index in [4.69, 9.17) is 4.74 Å². The maximum absolute atomic E-state index is 5.24. The number of thiazole rings is 1. The van der Waals surface area contributed by atoms with Gasteiger partial charge in [-0.1, -0.05) is 35.6 Å². The zero-order valence-corrected chi connectivity index (χ0v) is 13.6. The first kappa shape index (κ1) is 14.5. The van der Waals surface area contributed by atoms with Crippen LogP contribution in [-0.4, -0.2) is 17.4 Å². The van der Waals surface area contributed by atoms with Gasteiger partial charge in [0.1, 0.15) is 5.75 Å². The molecule has 0 unspecified atom stereocenters. The van der Waals surface area contributed by atoms with E-state index in [1.54, 1.807) is 18.4 Å². The standard InChI is InChI=1S/C17H17N3OS/c1-12(13-7-6-8-14(11-13)21-3)18-19-17-20(2)15-9-4-5-10-16(15)22-17/h4-11H,1-3H3/b18-12+,19-17-. The highest BCUT2D eigenvalue weighted by Gasteiger charge is 2.02. The number of aromatic nitrogens is 1. The lowest BCUT2D eigenvalue weighted by Gasteiger charge is -2.02. The van der Waals surface area contributed by atoms with Gasteiger partial charge in [-0.05, 0) is 31.2 Å². The highest BCUT2D eigenvalue weighted by Crippen LogP contribution is 2.16. The molecule has 0 saturated heterocycles. The van der Waals surface area contributed by atoms with E-state index in [0.29, 0.717) is 0 Å². The number of hydrogen-bond acceptors (Lipinski definition) is 4. The van der Waals surface area contributed by atoms with E-state index in [-0.39, 0.29) is 0 Å². The van der Waals surface area contributed by atoms with Crippen LogP contribution in [0.4, 0.5) is 0 Å². The van der Waals surface area contributed by atoms with Gasteiger partial charge in [-0.25, -0.2) is 0 Å². The van der Waals surface area contributed by atoms with E-state index < -0.39 is 0 Å². The summed E-state index contributed by atoms with van der Waals surface area (Å²) < 4.78 is 8.50.